The Hall–Kier alpha value is -1.50. The van der Waals surface area contributed by atoms with Gasteiger partial charge in [0.2, 0.25) is 12.2 Å². The molecule has 21 heavy (non-hydrogen) atoms. The van der Waals surface area contributed by atoms with Crippen molar-refractivity contribution in [3.63, 3.8) is 0 Å². The normalized spacial score (nSPS) is 21.6. The molecule has 2 rings (SSSR count). The summed E-state index contributed by atoms with van der Waals surface area (Å²) in [5.74, 6) is 2.02. The number of nitrogens with one attached hydrogen (secondary N) is 2. The molecule has 4 heteroatoms. The quantitative estimate of drug-likeness (QED) is 0.409. The molecular weight excluding hydrogens is 264 g/mol. The molecule has 2 N–H and O–H groups in total. The van der Waals surface area contributed by atoms with Crippen LogP contribution in [0.3, 0.4) is 0 Å². The van der Waals surface area contributed by atoms with Gasteiger partial charge in [0.15, 0.2) is 0 Å². The summed E-state index contributed by atoms with van der Waals surface area (Å²) in [6.07, 6.45) is 14.8. The molecule has 0 aromatic heterocycles. The standard InChI is InChI=1S/C15H26.2CHNO/c1-12(2)14-10-6-7-11-15(14)13-8-4-3-5-9-13;2*2-1-3/h13,15H,3-11H2,1-2H3;2*2H. The molecule has 0 spiro atoms. The van der Waals surface area contributed by atoms with Crippen LogP contribution >= 0.6 is 0 Å². The van der Waals surface area contributed by atoms with Crippen LogP contribution in [0.25, 0.3) is 0 Å². The zero-order valence-corrected chi connectivity index (χ0v) is 13.3. The van der Waals surface area contributed by atoms with Crippen molar-refractivity contribution in [2.45, 2.75) is 71.6 Å². The summed E-state index contributed by atoms with van der Waals surface area (Å²) in [6, 6.07) is 0. The Morgan fingerprint density at radius 1 is 0.905 bits per heavy atom. The lowest BCUT2D eigenvalue weighted by Gasteiger charge is -2.36. The predicted octanol–water partition coefficient (Wildman–Crippen LogP) is 4.90. The highest BCUT2D eigenvalue weighted by Crippen LogP contribution is 2.42. The van der Waals surface area contributed by atoms with Gasteiger partial charge in [0.25, 0.3) is 0 Å². The zero-order valence-electron chi connectivity index (χ0n) is 13.3. The van der Waals surface area contributed by atoms with E-state index in [-0.39, 0.29) is 0 Å². The first-order valence-corrected chi connectivity index (χ1v) is 7.86. The van der Waals surface area contributed by atoms with Crippen LogP contribution in [0.5, 0.6) is 0 Å². The lowest BCUT2D eigenvalue weighted by atomic mass is 9.70. The number of hydrogen-bond acceptors (Lipinski definition) is 4. The van der Waals surface area contributed by atoms with Crippen molar-refractivity contribution in [2.24, 2.45) is 11.8 Å². The molecule has 2 saturated carbocycles. The van der Waals surface area contributed by atoms with Gasteiger partial charge in [-0.05, 0) is 57.8 Å². The number of allylic oxidation sites excluding steroid dienone is 2. The van der Waals surface area contributed by atoms with Crippen LogP contribution in [0.15, 0.2) is 11.1 Å². The fourth-order valence-corrected chi connectivity index (χ4v) is 3.72. The van der Waals surface area contributed by atoms with E-state index in [1.807, 2.05) is 5.57 Å². The van der Waals surface area contributed by atoms with E-state index in [2.05, 4.69) is 13.8 Å². The van der Waals surface area contributed by atoms with E-state index in [1.165, 1.54) is 57.8 Å². The minimum atomic E-state index is 0.750. The lowest BCUT2D eigenvalue weighted by molar-refractivity contribution is 0.241. The topological polar surface area (TPSA) is 81.8 Å². The van der Waals surface area contributed by atoms with E-state index in [1.54, 1.807) is 5.57 Å². The molecule has 4 nitrogen and oxygen atoms in total. The Balaban J connectivity index is 0.000000578. The molecule has 0 aromatic carbocycles. The summed E-state index contributed by atoms with van der Waals surface area (Å²) in [5, 5.41) is 10.8. The first-order chi connectivity index (χ1) is 10.1. The van der Waals surface area contributed by atoms with Crippen molar-refractivity contribution in [2.75, 3.05) is 0 Å². The van der Waals surface area contributed by atoms with Crippen LogP contribution in [0.4, 0.5) is 0 Å². The second kappa shape index (κ2) is 12.3. The first-order valence-electron chi connectivity index (χ1n) is 7.86. The third kappa shape index (κ3) is 7.75. The second-order valence-electron chi connectivity index (χ2n) is 5.98. The van der Waals surface area contributed by atoms with Crippen LogP contribution in [-0.4, -0.2) is 12.2 Å². The maximum absolute atomic E-state index is 8.35. The van der Waals surface area contributed by atoms with Crippen LogP contribution in [0.1, 0.15) is 71.6 Å². The Labute approximate surface area is 128 Å². The minimum Gasteiger partial charge on any atom is -0.222 e. The van der Waals surface area contributed by atoms with E-state index in [9.17, 15) is 0 Å². The monoisotopic (exact) mass is 292 g/mol. The van der Waals surface area contributed by atoms with E-state index < -0.39 is 0 Å². The molecule has 0 aliphatic heterocycles. The van der Waals surface area contributed by atoms with Gasteiger partial charge in [0.05, 0.1) is 0 Å². The third-order valence-corrected chi connectivity index (χ3v) is 4.52. The molecule has 0 saturated heterocycles. The molecular formula is C17H28N2O2. The molecule has 0 radical (unpaired) electrons. The summed E-state index contributed by atoms with van der Waals surface area (Å²) < 4.78 is 0. The Morgan fingerprint density at radius 3 is 1.86 bits per heavy atom. The summed E-state index contributed by atoms with van der Waals surface area (Å²) in [6.45, 7) is 4.66. The van der Waals surface area contributed by atoms with E-state index in [0.29, 0.717) is 0 Å². The fraction of sp³-hybridized carbons (Fsp3) is 0.765. The number of rotatable bonds is 1. The molecule has 0 aromatic rings. The molecule has 0 heterocycles. The summed E-state index contributed by atoms with van der Waals surface area (Å²) in [7, 11) is 0. The van der Waals surface area contributed by atoms with E-state index in [4.69, 9.17) is 20.4 Å². The van der Waals surface area contributed by atoms with Crippen LogP contribution in [-0.2, 0) is 9.59 Å². The van der Waals surface area contributed by atoms with Gasteiger partial charge < -0.3 is 0 Å². The van der Waals surface area contributed by atoms with Gasteiger partial charge in [-0.25, -0.2) is 20.4 Å². The zero-order chi connectivity index (χ0) is 16.1. The van der Waals surface area contributed by atoms with Crippen LogP contribution in [0, 0.1) is 22.7 Å². The van der Waals surface area contributed by atoms with E-state index in [0.717, 1.165) is 24.0 Å². The van der Waals surface area contributed by atoms with Crippen molar-refractivity contribution in [1.82, 2.24) is 0 Å². The van der Waals surface area contributed by atoms with Gasteiger partial charge >= 0.3 is 0 Å². The average Bonchev–Trinajstić information content (AvgIpc) is 2.50. The van der Waals surface area contributed by atoms with E-state index >= 15 is 0 Å². The number of carbonyl (C=O) groups excluding carboxylic acids is 2. The van der Waals surface area contributed by atoms with Gasteiger partial charge in [0, 0.05) is 0 Å². The lowest BCUT2D eigenvalue weighted by Crippen LogP contribution is -2.23. The molecule has 118 valence electrons. The molecule has 2 aliphatic rings. The highest BCUT2D eigenvalue weighted by Gasteiger charge is 2.28. The molecule has 1 atom stereocenters. The molecule has 2 fully saturated rings. The number of isocyanates is 2. The van der Waals surface area contributed by atoms with Crippen molar-refractivity contribution in [3.8, 4) is 0 Å². The second-order valence-corrected chi connectivity index (χ2v) is 5.98. The van der Waals surface area contributed by atoms with Crippen molar-refractivity contribution in [3.05, 3.63) is 11.1 Å². The summed E-state index contributed by atoms with van der Waals surface area (Å²) >= 11 is 0. The Morgan fingerprint density at radius 2 is 1.38 bits per heavy atom. The van der Waals surface area contributed by atoms with Crippen LogP contribution in [0.2, 0.25) is 0 Å². The van der Waals surface area contributed by atoms with Crippen molar-refractivity contribution < 1.29 is 9.59 Å². The maximum Gasteiger partial charge on any atom is 0.231 e. The Bertz CT molecular complexity index is 368. The molecule has 1 unspecified atom stereocenters. The fourth-order valence-electron chi connectivity index (χ4n) is 3.72. The van der Waals surface area contributed by atoms with Gasteiger partial charge in [-0.3, -0.25) is 0 Å². The van der Waals surface area contributed by atoms with Gasteiger partial charge in [-0.1, -0.05) is 36.8 Å². The van der Waals surface area contributed by atoms with Crippen LogP contribution < -0.4 is 0 Å². The van der Waals surface area contributed by atoms with Gasteiger partial charge in [-0.15, -0.1) is 0 Å². The number of hydrogen-bond donors (Lipinski definition) is 2. The third-order valence-electron chi connectivity index (χ3n) is 4.52. The molecule has 0 amide bonds. The minimum absolute atomic E-state index is 0.750. The maximum atomic E-state index is 8.35. The van der Waals surface area contributed by atoms with Gasteiger partial charge in [-0.2, -0.15) is 0 Å². The SMILES string of the molecule is CC(C)=C1CCCCC1C1CCCCC1.N=C=O.N=C=O. The van der Waals surface area contributed by atoms with Crippen molar-refractivity contribution >= 4 is 12.2 Å². The largest absolute Gasteiger partial charge is 0.231 e. The Kier molecular flexibility index (Phi) is 11.4. The smallest absolute Gasteiger partial charge is 0.222 e. The summed E-state index contributed by atoms with van der Waals surface area (Å²) in [5.41, 5.74) is 3.47. The van der Waals surface area contributed by atoms with Gasteiger partial charge in [0.1, 0.15) is 0 Å². The average molecular weight is 292 g/mol. The first kappa shape index (κ1) is 19.5. The highest BCUT2D eigenvalue weighted by molar-refractivity contribution is 5.26. The predicted molar refractivity (Wildman–Crippen MR) is 83.7 cm³/mol. The highest BCUT2D eigenvalue weighted by atomic mass is 16.1. The van der Waals surface area contributed by atoms with Crippen molar-refractivity contribution in [1.29, 1.82) is 10.8 Å². The summed E-state index contributed by atoms with van der Waals surface area (Å²) in [4.78, 5) is 16.7. The molecule has 2 aliphatic carbocycles. The molecule has 0 bridgehead atoms.